The van der Waals surface area contributed by atoms with E-state index in [1.54, 1.807) is 7.11 Å². The number of aromatic amines is 1. The number of hydrogen-bond donors (Lipinski definition) is 1. The number of methoxy groups -OCH3 is 1. The number of para-hydroxylation sites is 4. The number of rotatable bonds is 6. The van der Waals surface area contributed by atoms with E-state index in [9.17, 15) is 0 Å². The second kappa shape index (κ2) is 7.66. The summed E-state index contributed by atoms with van der Waals surface area (Å²) in [4.78, 5) is 12.5. The van der Waals surface area contributed by atoms with E-state index in [4.69, 9.17) is 9.47 Å². The summed E-state index contributed by atoms with van der Waals surface area (Å²) in [5.41, 5.74) is 3.12. The van der Waals surface area contributed by atoms with Crippen molar-refractivity contribution in [2.45, 2.75) is 0 Å². The van der Waals surface area contributed by atoms with Crippen molar-refractivity contribution in [3.05, 3.63) is 48.5 Å². The molecular weight excluding hydrogens is 328 g/mol. The van der Waals surface area contributed by atoms with Gasteiger partial charge in [-0.15, -0.1) is 0 Å². The number of hydrogen-bond acceptors (Lipinski definition) is 5. The van der Waals surface area contributed by atoms with Gasteiger partial charge in [0.15, 0.2) is 0 Å². The van der Waals surface area contributed by atoms with Gasteiger partial charge in [-0.3, -0.25) is 4.90 Å². The second-order valence-electron chi connectivity index (χ2n) is 6.41. The number of piperazine rings is 1. The summed E-state index contributed by atoms with van der Waals surface area (Å²) in [7, 11) is 1.73. The molecular formula is C20H24N4O2. The summed E-state index contributed by atoms with van der Waals surface area (Å²) in [5, 5.41) is 0. The average molecular weight is 352 g/mol. The monoisotopic (exact) mass is 352 g/mol. The number of ether oxygens (including phenoxy) is 2. The molecule has 136 valence electrons. The Labute approximate surface area is 153 Å². The van der Waals surface area contributed by atoms with E-state index >= 15 is 0 Å². The van der Waals surface area contributed by atoms with Crippen LogP contribution in [0.2, 0.25) is 0 Å². The number of H-pyrrole nitrogens is 1. The topological polar surface area (TPSA) is 53.6 Å². The Balaban J connectivity index is 1.26. The zero-order valence-corrected chi connectivity index (χ0v) is 15.0. The summed E-state index contributed by atoms with van der Waals surface area (Å²) in [6, 6.07) is 16.8. The van der Waals surface area contributed by atoms with E-state index in [-0.39, 0.29) is 0 Å². The molecule has 3 aromatic rings. The standard InChI is InChI=1S/C20H24N4O2/c1-25-19-9-5-4-8-18(19)24-12-10-23(11-13-24)14-15-26-20-21-16-6-2-3-7-17(16)22-20/h2-9H,10-15H2,1H3,(H,21,22). The fourth-order valence-corrected chi connectivity index (χ4v) is 3.37. The molecule has 26 heavy (non-hydrogen) atoms. The van der Waals surface area contributed by atoms with Crippen LogP contribution in [0.15, 0.2) is 48.5 Å². The fourth-order valence-electron chi connectivity index (χ4n) is 3.37. The molecule has 0 unspecified atom stereocenters. The quantitative estimate of drug-likeness (QED) is 0.739. The van der Waals surface area contributed by atoms with Gasteiger partial charge < -0.3 is 19.4 Å². The zero-order chi connectivity index (χ0) is 17.8. The first-order valence-corrected chi connectivity index (χ1v) is 9.01. The molecule has 0 aliphatic carbocycles. The van der Waals surface area contributed by atoms with Crippen molar-refractivity contribution in [1.29, 1.82) is 0 Å². The Morgan fingerprint density at radius 2 is 1.77 bits per heavy atom. The van der Waals surface area contributed by atoms with Crippen molar-refractivity contribution in [2.75, 3.05) is 51.3 Å². The first-order chi connectivity index (χ1) is 12.8. The number of anilines is 1. The van der Waals surface area contributed by atoms with Crippen LogP contribution in [0.1, 0.15) is 0 Å². The van der Waals surface area contributed by atoms with Crippen molar-refractivity contribution in [3.8, 4) is 11.8 Å². The Bertz CT molecular complexity index is 823. The molecule has 0 spiro atoms. The van der Waals surface area contributed by atoms with Crippen LogP contribution in [0.25, 0.3) is 11.0 Å². The van der Waals surface area contributed by atoms with Gasteiger partial charge in [-0.2, -0.15) is 4.98 Å². The van der Waals surface area contributed by atoms with Crippen molar-refractivity contribution in [1.82, 2.24) is 14.9 Å². The summed E-state index contributed by atoms with van der Waals surface area (Å²) < 4.78 is 11.3. The van der Waals surface area contributed by atoms with Gasteiger partial charge in [0.2, 0.25) is 0 Å². The number of nitrogens with one attached hydrogen (secondary N) is 1. The molecule has 2 aromatic carbocycles. The van der Waals surface area contributed by atoms with Gasteiger partial charge in [0.05, 0.1) is 23.8 Å². The molecule has 0 saturated carbocycles. The van der Waals surface area contributed by atoms with Crippen LogP contribution < -0.4 is 14.4 Å². The van der Waals surface area contributed by atoms with E-state index in [2.05, 4.69) is 31.9 Å². The minimum atomic E-state index is 0.596. The molecule has 0 bridgehead atoms. The lowest BCUT2D eigenvalue weighted by molar-refractivity contribution is 0.194. The normalized spacial score (nSPS) is 15.3. The molecule has 0 radical (unpaired) electrons. The van der Waals surface area contributed by atoms with Crippen molar-refractivity contribution in [2.24, 2.45) is 0 Å². The molecule has 1 aliphatic rings. The second-order valence-corrected chi connectivity index (χ2v) is 6.41. The molecule has 6 heteroatoms. The van der Waals surface area contributed by atoms with Crippen LogP contribution >= 0.6 is 0 Å². The lowest BCUT2D eigenvalue weighted by atomic mass is 10.2. The molecule has 0 amide bonds. The third-order valence-electron chi connectivity index (χ3n) is 4.81. The fraction of sp³-hybridized carbons (Fsp3) is 0.350. The highest BCUT2D eigenvalue weighted by atomic mass is 16.5. The predicted octanol–water partition coefficient (Wildman–Crippen LogP) is 2.77. The number of fused-ring (bicyclic) bond motifs is 1. The van der Waals surface area contributed by atoms with Gasteiger partial charge in [-0.25, -0.2) is 0 Å². The number of benzene rings is 2. The molecule has 0 atom stereocenters. The maximum absolute atomic E-state index is 5.80. The maximum atomic E-state index is 5.80. The molecule has 2 heterocycles. The largest absolute Gasteiger partial charge is 0.495 e. The third kappa shape index (κ3) is 3.60. The average Bonchev–Trinajstić information content (AvgIpc) is 3.11. The smallest absolute Gasteiger partial charge is 0.294 e. The summed E-state index contributed by atoms with van der Waals surface area (Å²) in [5.74, 6) is 0.939. The summed E-state index contributed by atoms with van der Waals surface area (Å²) >= 11 is 0. The molecule has 1 fully saturated rings. The van der Waals surface area contributed by atoms with E-state index in [0.29, 0.717) is 12.6 Å². The SMILES string of the molecule is COc1ccccc1N1CCN(CCOc2nc3ccccc3[nH]2)CC1. The highest BCUT2D eigenvalue weighted by Gasteiger charge is 2.19. The number of imidazole rings is 1. The molecule has 1 saturated heterocycles. The van der Waals surface area contributed by atoms with Crippen LogP contribution in [0, 0.1) is 0 Å². The van der Waals surface area contributed by atoms with E-state index < -0.39 is 0 Å². The van der Waals surface area contributed by atoms with E-state index in [0.717, 1.165) is 49.5 Å². The molecule has 1 aliphatic heterocycles. The van der Waals surface area contributed by atoms with Gasteiger partial charge >= 0.3 is 0 Å². The van der Waals surface area contributed by atoms with Gasteiger partial charge in [-0.1, -0.05) is 24.3 Å². The lowest BCUT2D eigenvalue weighted by Crippen LogP contribution is -2.47. The molecule has 4 rings (SSSR count). The third-order valence-corrected chi connectivity index (χ3v) is 4.81. The summed E-state index contributed by atoms with van der Waals surface area (Å²) in [6.07, 6.45) is 0. The van der Waals surface area contributed by atoms with Gasteiger partial charge in [0.1, 0.15) is 12.4 Å². The van der Waals surface area contributed by atoms with Crippen molar-refractivity contribution < 1.29 is 9.47 Å². The number of nitrogens with zero attached hydrogens (tertiary/aromatic N) is 3. The highest BCUT2D eigenvalue weighted by molar-refractivity contribution is 5.75. The Hall–Kier alpha value is -2.73. The van der Waals surface area contributed by atoms with Gasteiger partial charge in [0, 0.05) is 32.7 Å². The minimum absolute atomic E-state index is 0.596. The Morgan fingerprint density at radius 3 is 2.58 bits per heavy atom. The molecule has 1 aromatic heterocycles. The minimum Gasteiger partial charge on any atom is -0.495 e. The lowest BCUT2D eigenvalue weighted by Gasteiger charge is -2.36. The summed E-state index contributed by atoms with van der Waals surface area (Å²) in [6.45, 7) is 5.55. The van der Waals surface area contributed by atoms with Crippen molar-refractivity contribution >= 4 is 16.7 Å². The first kappa shape index (κ1) is 16.7. The van der Waals surface area contributed by atoms with Crippen LogP contribution in [0.3, 0.4) is 0 Å². The van der Waals surface area contributed by atoms with Crippen LogP contribution in [-0.2, 0) is 0 Å². The van der Waals surface area contributed by atoms with Crippen LogP contribution in [-0.4, -0.2) is 61.3 Å². The highest BCUT2D eigenvalue weighted by Crippen LogP contribution is 2.28. The first-order valence-electron chi connectivity index (χ1n) is 9.01. The van der Waals surface area contributed by atoms with E-state index in [1.807, 2.05) is 36.4 Å². The van der Waals surface area contributed by atoms with E-state index in [1.165, 1.54) is 5.69 Å². The number of aromatic nitrogens is 2. The van der Waals surface area contributed by atoms with Crippen molar-refractivity contribution in [3.63, 3.8) is 0 Å². The molecule has 6 nitrogen and oxygen atoms in total. The van der Waals surface area contributed by atoms with Gasteiger partial charge in [-0.05, 0) is 24.3 Å². The molecule has 1 N–H and O–H groups in total. The van der Waals surface area contributed by atoms with Crippen LogP contribution in [0.5, 0.6) is 11.8 Å². The predicted molar refractivity (Wildman–Crippen MR) is 103 cm³/mol. The van der Waals surface area contributed by atoms with Gasteiger partial charge in [0.25, 0.3) is 6.01 Å². The van der Waals surface area contributed by atoms with Crippen LogP contribution in [0.4, 0.5) is 5.69 Å². The Kier molecular flexibility index (Phi) is 4.93. The maximum Gasteiger partial charge on any atom is 0.294 e. The Morgan fingerprint density at radius 1 is 1.00 bits per heavy atom. The zero-order valence-electron chi connectivity index (χ0n) is 15.0.